The molecule has 0 spiro atoms. The zero-order valence-corrected chi connectivity index (χ0v) is 9.90. The monoisotopic (exact) mass is 226 g/mol. The van der Waals surface area contributed by atoms with Gasteiger partial charge in [-0.15, -0.1) is 0 Å². The first kappa shape index (κ1) is 10.4. The fourth-order valence-electron chi connectivity index (χ4n) is 2.32. The van der Waals surface area contributed by atoms with Crippen molar-refractivity contribution in [2.24, 2.45) is 0 Å². The lowest BCUT2D eigenvalue weighted by molar-refractivity contribution is 0.202. The lowest BCUT2D eigenvalue weighted by atomic mass is 9.93. The van der Waals surface area contributed by atoms with E-state index in [1.807, 2.05) is 50.2 Å². The number of aliphatic hydroxyl groups is 1. The Morgan fingerprint density at radius 1 is 1.06 bits per heavy atom. The van der Waals surface area contributed by atoms with Crippen LogP contribution in [0.3, 0.4) is 0 Å². The molecule has 3 rings (SSSR count). The summed E-state index contributed by atoms with van der Waals surface area (Å²) in [4.78, 5) is 0. The van der Waals surface area contributed by atoms with Gasteiger partial charge in [0.15, 0.2) is 0 Å². The van der Waals surface area contributed by atoms with Crippen molar-refractivity contribution >= 4 is 0 Å². The van der Waals surface area contributed by atoms with Crippen LogP contribution in [-0.2, 0) is 0 Å². The second-order valence-corrected chi connectivity index (χ2v) is 4.53. The van der Waals surface area contributed by atoms with Crippen LogP contribution in [0.1, 0.15) is 28.4 Å². The lowest BCUT2D eigenvalue weighted by Gasteiger charge is -2.26. The minimum absolute atomic E-state index is 0.587. The zero-order chi connectivity index (χ0) is 12.0. The Bertz CT molecular complexity index is 587. The van der Waals surface area contributed by atoms with Crippen LogP contribution in [0.4, 0.5) is 0 Å². The van der Waals surface area contributed by atoms with Gasteiger partial charge in [-0.2, -0.15) is 0 Å². The third kappa shape index (κ3) is 1.53. The topological polar surface area (TPSA) is 29.5 Å². The molecule has 0 aliphatic carbocycles. The normalized spacial score (nSPS) is 17.0. The molecule has 0 bridgehead atoms. The number of rotatable bonds is 0. The Hall–Kier alpha value is -1.80. The molecule has 1 N–H and O–H groups in total. The van der Waals surface area contributed by atoms with Crippen molar-refractivity contribution in [1.29, 1.82) is 0 Å². The molecule has 86 valence electrons. The second kappa shape index (κ2) is 3.60. The molecule has 2 aromatic rings. The van der Waals surface area contributed by atoms with Gasteiger partial charge in [0.2, 0.25) is 0 Å². The first-order valence-corrected chi connectivity index (χ1v) is 5.73. The summed E-state index contributed by atoms with van der Waals surface area (Å²) in [6, 6.07) is 11.7. The van der Waals surface area contributed by atoms with Crippen LogP contribution >= 0.6 is 0 Å². The predicted octanol–water partition coefficient (Wildman–Crippen LogP) is 3.49. The van der Waals surface area contributed by atoms with Crippen LogP contribution in [0.25, 0.3) is 0 Å². The van der Waals surface area contributed by atoms with E-state index in [0.29, 0.717) is 0 Å². The van der Waals surface area contributed by atoms with Crippen molar-refractivity contribution in [2.75, 3.05) is 0 Å². The summed E-state index contributed by atoms with van der Waals surface area (Å²) in [7, 11) is 0. The van der Waals surface area contributed by atoms with E-state index in [2.05, 4.69) is 0 Å². The molecule has 17 heavy (non-hydrogen) atoms. The quantitative estimate of drug-likeness (QED) is 0.745. The van der Waals surface area contributed by atoms with Gasteiger partial charge < -0.3 is 9.84 Å². The van der Waals surface area contributed by atoms with Crippen molar-refractivity contribution in [1.82, 2.24) is 0 Å². The van der Waals surface area contributed by atoms with Crippen molar-refractivity contribution in [3.63, 3.8) is 0 Å². The molecule has 0 aromatic heterocycles. The van der Waals surface area contributed by atoms with E-state index < -0.39 is 6.10 Å². The van der Waals surface area contributed by atoms with Crippen LogP contribution in [-0.4, -0.2) is 5.11 Å². The number of aryl methyl sites for hydroxylation is 2. The minimum atomic E-state index is -0.587. The smallest absolute Gasteiger partial charge is 0.133 e. The highest BCUT2D eigenvalue weighted by molar-refractivity contribution is 5.55. The van der Waals surface area contributed by atoms with Crippen LogP contribution in [0.5, 0.6) is 11.5 Å². The predicted molar refractivity (Wildman–Crippen MR) is 66.5 cm³/mol. The largest absolute Gasteiger partial charge is 0.457 e. The summed E-state index contributed by atoms with van der Waals surface area (Å²) in [6.07, 6.45) is -0.587. The Morgan fingerprint density at radius 3 is 2.71 bits per heavy atom. The summed E-state index contributed by atoms with van der Waals surface area (Å²) in [5.41, 5.74) is 3.91. The van der Waals surface area contributed by atoms with Gasteiger partial charge in [-0.05, 0) is 37.1 Å². The van der Waals surface area contributed by atoms with E-state index in [1.165, 1.54) is 0 Å². The maximum atomic E-state index is 10.4. The van der Waals surface area contributed by atoms with Crippen molar-refractivity contribution < 1.29 is 9.84 Å². The molecule has 0 fully saturated rings. The Labute approximate surface area is 100 Å². The Kier molecular flexibility index (Phi) is 2.20. The van der Waals surface area contributed by atoms with Crippen molar-refractivity contribution in [2.45, 2.75) is 20.0 Å². The summed E-state index contributed by atoms with van der Waals surface area (Å²) in [6.45, 7) is 4.01. The van der Waals surface area contributed by atoms with Crippen molar-refractivity contribution in [3.8, 4) is 11.5 Å². The van der Waals surface area contributed by atoms with Gasteiger partial charge in [-0.25, -0.2) is 0 Å². The van der Waals surface area contributed by atoms with Gasteiger partial charge in [0, 0.05) is 11.1 Å². The van der Waals surface area contributed by atoms with Gasteiger partial charge >= 0.3 is 0 Å². The lowest BCUT2D eigenvalue weighted by Crippen LogP contribution is -2.11. The summed E-state index contributed by atoms with van der Waals surface area (Å²) < 4.78 is 5.85. The van der Waals surface area contributed by atoms with Crippen LogP contribution in [0, 0.1) is 13.8 Å². The number of hydrogen-bond acceptors (Lipinski definition) is 2. The van der Waals surface area contributed by atoms with E-state index in [1.54, 1.807) is 0 Å². The molecular formula is C15H14O2. The van der Waals surface area contributed by atoms with E-state index in [-0.39, 0.29) is 0 Å². The molecule has 1 aliphatic rings. The zero-order valence-electron chi connectivity index (χ0n) is 9.90. The fourth-order valence-corrected chi connectivity index (χ4v) is 2.32. The molecule has 0 saturated heterocycles. The average molecular weight is 226 g/mol. The number of ether oxygens (including phenoxy) is 1. The van der Waals surface area contributed by atoms with Gasteiger partial charge in [0.05, 0.1) is 0 Å². The molecule has 2 heteroatoms. The highest BCUT2D eigenvalue weighted by Crippen LogP contribution is 2.44. The van der Waals surface area contributed by atoms with Crippen LogP contribution in [0.15, 0.2) is 36.4 Å². The summed E-state index contributed by atoms with van der Waals surface area (Å²) >= 11 is 0. The van der Waals surface area contributed by atoms with Gasteiger partial charge in [-0.1, -0.05) is 24.3 Å². The third-order valence-electron chi connectivity index (χ3n) is 3.24. The number of fused-ring (bicyclic) bond motifs is 2. The molecule has 2 aromatic carbocycles. The Morgan fingerprint density at radius 2 is 1.88 bits per heavy atom. The van der Waals surface area contributed by atoms with E-state index in [0.717, 1.165) is 33.8 Å². The van der Waals surface area contributed by atoms with Gasteiger partial charge in [0.1, 0.15) is 17.6 Å². The molecule has 1 atom stereocenters. The molecule has 1 aliphatic heterocycles. The van der Waals surface area contributed by atoms with E-state index in [9.17, 15) is 5.11 Å². The SMILES string of the molecule is Cc1ccc2c(c1)Oc1cccc(C)c1C2O. The molecule has 1 heterocycles. The second-order valence-electron chi connectivity index (χ2n) is 4.53. The standard InChI is InChI=1S/C15H14O2/c1-9-6-7-11-13(8-9)17-12-5-3-4-10(2)14(12)15(11)16/h3-8,15-16H,1-2H3. The maximum absolute atomic E-state index is 10.4. The summed E-state index contributed by atoms with van der Waals surface area (Å²) in [5.74, 6) is 1.52. The molecule has 2 nitrogen and oxygen atoms in total. The first-order chi connectivity index (χ1) is 8.16. The highest BCUT2D eigenvalue weighted by Gasteiger charge is 2.26. The molecule has 0 radical (unpaired) electrons. The summed E-state index contributed by atoms with van der Waals surface area (Å²) in [5, 5.41) is 10.4. The number of aliphatic hydroxyl groups excluding tert-OH is 1. The van der Waals surface area contributed by atoms with Crippen LogP contribution < -0.4 is 4.74 Å². The van der Waals surface area contributed by atoms with Crippen LogP contribution in [0.2, 0.25) is 0 Å². The van der Waals surface area contributed by atoms with Crippen molar-refractivity contribution in [3.05, 3.63) is 58.7 Å². The van der Waals surface area contributed by atoms with Gasteiger partial charge in [-0.3, -0.25) is 0 Å². The number of hydrogen-bond donors (Lipinski definition) is 1. The van der Waals surface area contributed by atoms with E-state index in [4.69, 9.17) is 4.74 Å². The average Bonchev–Trinajstić information content (AvgIpc) is 2.28. The maximum Gasteiger partial charge on any atom is 0.133 e. The third-order valence-corrected chi connectivity index (χ3v) is 3.24. The molecular weight excluding hydrogens is 212 g/mol. The highest BCUT2D eigenvalue weighted by atomic mass is 16.5. The fraction of sp³-hybridized carbons (Fsp3) is 0.200. The molecule has 0 amide bonds. The van der Waals surface area contributed by atoms with Gasteiger partial charge in [0.25, 0.3) is 0 Å². The number of benzene rings is 2. The molecule has 1 unspecified atom stereocenters. The molecule has 0 saturated carbocycles. The van der Waals surface area contributed by atoms with E-state index >= 15 is 0 Å². The Balaban J connectivity index is 2.21. The minimum Gasteiger partial charge on any atom is -0.457 e. The first-order valence-electron chi connectivity index (χ1n) is 5.73.